The second-order valence-electron chi connectivity index (χ2n) is 4.46. The first kappa shape index (κ1) is 11.2. The Hall–Kier alpha value is -0.920. The van der Waals surface area contributed by atoms with Crippen molar-refractivity contribution >= 4 is 12.4 Å². The first-order valence-corrected chi connectivity index (χ1v) is 5.21. The van der Waals surface area contributed by atoms with E-state index < -0.39 is 0 Å². The van der Waals surface area contributed by atoms with Crippen LogP contribution in [0.25, 0.3) is 0 Å². The highest BCUT2D eigenvalue weighted by Gasteiger charge is 2.31. The fourth-order valence-corrected chi connectivity index (χ4v) is 2.16. The van der Waals surface area contributed by atoms with E-state index in [4.69, 9.17) is 5.41 Å². The molecule has 1 rings (SSSR count). The van der Waals surface area contributed by atoms with Gasteiger partial charge in [0.2, 0.25) is 0 Å². The molecule has 0 radical (unpaired) electrons. The molecule has 3 unspecified atom stereocenters. The smallest absolute Gasteiger partial charge is 0.0416 e. The van der Waals surface area contributed by atoms with Gasteiger partial charge in [-0.3, -0.25) is 0 Å². The maximum atomic E-state index is 7.92. The van der Waals surface area contributed by atoms with Crippen LogP contribution in [-0.2, 0) is 0 Å². The van der Waals surface area contributed by atoms with Gasteiger partial charge in [-0.1, -0.05) is 19.1 Å². The van der Waals surface area contributed by atoms with Crippen LogP contribution >= 0.6 is 0 Å². The van der Waals surface area contributed by atoms with Crippen molar-refractivity contribution in [1.82, 2.24) is 0 Å². The van der Waals surface area contributed by atoms with Crippen molar-refractivity contribution in [1.29, 1.82) is 5.41 Å². The second-order valence-corrected chi connectivity index (χ2v) is 4.46. The molecule has 0 spiro atoms. The molecule has 0 heterocycles. The molecule has 0 aromatic rings. The summed E-state index contributed by atoms with van der Waals surface area (Å²) in [6.07, 6.45) is 2.02. The maximum absolute atomic E-state index is 7.92. The molecule has 0 saturated heterocycles. The van der Waals surface area contributed by atoms with Gasteiger partial charge in [-0.25, -0.2) is 0 Å². The molecule has 3 atom stereocenters. The molecule has 1 aliphatic rings. The Morgan fingerprint density at radius 1 is 1.64 bits per heavy atom. The summed E-state index contributed by atoms with van der Waals surface area (Å²) < 4.78 is 0. The fourth-order valence-electron chi connectivity index (χ4n) is 2.16. The largest absolute Gasteiger partial charge is 0.309 e. The lowest BCUT2D eigenvalue weighted by atomic mass is 9.72. The molecule has 1 aliphatic carbocycles. The van der Waals surface area contributed by atoms with E-state index in [1.807, 2.05) is 0 Å². The molecule has 0 aromatic carbocycles. The second kappa shape index (κ2) is 4.54. The van der Waals surface area contributed by atoms with Gasteiger partial charge in [-0.2, -0.15) is 0 Å². The van der Waals surface area contributed by atoms with E-state index in [2.05, 4.69) is 32.1 Å². The van der Waals surface area contributed by atoms with Gasteiger partial charge in [-0.15, -0.1) is 0 Å². The van der Waals surface area contributed by atoms with Crippen LogP contribution in [0, 0.1) is 23.2 Å². The zero-order valence-electron chi connectivity index (χ0n) is 9.21. The topological polar surface area (TPSA) is 36.2 Å². The van der Waals surface area contributed by atoms with Crippen molar-refractivity contribution < 1.29 is 0 Å². The third-order valence-corrected chi connectivity index (χ3v) is 3.37. The molecular formula is C12H20N2. The summed E-state index contributed by atoms with van der Waals surface area (Å²) >= 11 is 0. The van der Waals surface area contributed by atoms with Gasteiger partial charge in [0.25, 0.3) is 0 Å². The Morgan fingerprint density at radius 2 is 2.29 bits per heavy atom. The predicted molar refractivity (Wildman–Crippen MR) is 62.3 cm³/mol. The summed E-state index contributed by atoms with van der Waals surface area (Å²) in [6, 6.07) is 0. The summed E-state index contributed by atoms with van der Waals surface area (Å²) in [7, 11) is 0. The SMILES string of the molecule is C=NCC1CC(C(=C)C)CC(=N)C1C. The molecule has 1 fully saturated rings. The summed E-state index contributed by atoms with van der Waals surface area (Å²) in [5.74, 6) is 1.36. The molecule has 2 heteroatoms. The average molecular weight is 192 g/mol. The van der Waals surface area contributed by atoms with Gasteiger partial charge in [-0.05, 0) is 44.2 Å². The fraction of sp³-hybridized carbons (Fsp3) is 0.667. The number of hydrogen-bond acceptors (Lipinski definition) is 2. The normalized spacial score (nSPS) is 32.7. The lowest BCUT2D eigenvalue weighted by Gasteiger charge is -2.34. The minimum Gasteiger partial charge on any atom is -0.309 e. The Bertz CT molecular complexity index is 255. The van der Waals surface area contributed by atoms with Crippen molar-refractivity contribution in [3.63, 3.8) is 0 Å². The van der Waals surface area contributed by atoms with Crippen molar-refractivity contribution in [2.24, 2.45) is 22.7 Å². The van der Waals surface area contributed by atoms with Gasteiger partial charge in [0.1, 0.15) is 0 Å². The van der Waals surface area contributed by atoms with E-state index in [9.17, 15) is 0 Å². The van der Waals surface area contributed by atoms with Gasteiger partial charge in [0.15, 0.2) is 0 Å². The number of allylic oxidation sites excluding steroid dienone is 1. The van der Waals surface area contributed by atoms with E-state index in [1.54, 1.807) is 0 Å². The minimum absolute atomic E-state index is 0.371. The van der Waals surface area contributed by atoms with Crippen LogP contribution in [-0.4, -0.2) is 19.0 Å². The van der Waals surface area contributed by atoms with Crippen LogP contribution in [0.5, 0.6) is 0 Å². The number of aliphatic imine (C=N–C) groups is 1. The Labute approximate surface area is 86.6 Å². The lowest BCUT2D eigenvalue weighted by Crippen LogP contribution is -2.32. The number of rotatable bonds is 3. The monoisotopic (exact) mass is 192 g/mol. The summed E-state index contributed by atoms with van der Waals surface area (Å²) in [6.45, 7) is 12.5. The van der Waals surface area contributed by atoms with Crippen molar-refractivity contribution in [3.05, 3.63) is 12.2 Å². The number of nitrogens with zero attached hydrogens (tertiary/aromatic N) is 1. The standard InChI is InChI=1S/C12H20N2/c1-8(2)10-5-11(7-14-4)9(3)12(13)6-10/h9-11,13H,1,4-7H2,2-3H3. The molecule has 0 aliphatic heterocycles. The molecule has 0 aromatic heterocycles. The van der Waals surface area contributed by atoms with E-state index >= 15 is 0 Å². The van der Waals surface area contributed by atoms with E-state index in [0.29, 0.717) is 17.8 Å². The summed E-state index contributed by atoms with van der Waals surface area (Å²) in [5, 5.41) is 7.92. The molecule has 78 valence electrons. The van der Waals surface area contributed by atoms with Crippen LogP contribution in [0.15, 0.2) is 17.1 Å². The third-order valence-electron chi connectivity index (χ3n) is 3.37. The average Bonchev–Trinajstić information content (AvgIpc) is 2.12. The Morgan fingerprint density at radius 3 is 2.79 bits per heavy atom. The van der Waals surface area contributed by atoms with Gasteiger partial charge in [0.05, 0.1) is 0 Å². The zero-order valence-corrected chi connectivity index (χ0v) is 9.21. The van der Waals surface area contributed by atoms with Crippen LogP contribution in [0.3, 0.4) is 0 Å². The van der Waals surface area contributed by atoms with Gasteiger partial charge >= 0.3 is 0 Å². The minimum atomic E-state index is 0.371. The van der Waals surface area contributed by atoms with Gasteiger partial charge in [0, 0.05) is 12.3 Å². The highest BCUT2D eigenvalue weighted by atomic mass is 14.7. The molecule has 14 heavy (non-hydrogen) atoms. The van der Waals surface area contributed by atoms with E-state index in [1.165, 1.54) is 5.57 Å². The summed E-state index contributed by atoms with van der Waals surface area (Å²) in [4.78, 5) is 3.96. The van der Waals surface area contributed by atoms with Crippen LogP contribution < -0.4 is 0 Å². The Balaban J connectivity index is 2.70. The van der Waals surface area contributed by atoms with E-state index in [-0.39, 0.29) is 0 Å². The molecule has 0 bridgehead atoms. The zero-order chi connectivity index (χ0) is 10.7. The molecule has 2 nitrogen and oxygen atoms in total. The summed E-state index contributed by atoms with van der Waals surface area (Å²) in [5.41, 5.74) is 2.06. The number of hydrogen-bond donors (Lipinski definition) is 1. The highest BCUT2D eigenvalue weighted by molar-refractivity contribution is 5.85. The third kappa shape index (κ3) is 2.31. The highest BCUT2D eigenvalue weighted by Crippen LogP contribution is 2.34. The van der Waals surface area contributed by atoms with Crippen molar-refractivity contribution in [2.45, 2.75) is 26.7 Å². The lowest BCUT2D eigenvalue weighted by molar-refractivity contribution is 0.329. The molecular weight excluding hydrogens is 172 g/mol. The van der Waals surface area contributed by atoms with Crippen LogP contribution in [0.2, 0.25) is 0 Å². The van der Waals surface area contributed by atoms with Crippen molar-refractivity contribution in [2.75, 3.05) is 6.54 Å². The first-order chi connectivity index (χ1) is 6.56. The van der Waals surface area contributed by atoms with Crippen LogP contribution in [0.1, 0.15) is 26.7 Å². The number of nitrogens with one attached hydrogen (secondary N) is 1. The van der Waals surface area contributed by atoms with Crippen molar-refractivity contribution in [3.8, 4) is 0 Å². The quantitative estimate of drug-likeness (QED) is 0.527. The first-order valence-electron chi connectivity index (χ1n) is 5.21. The maximum Gasteiger partial charge on any atom is 0.0416 e. The Kier molecular flexibility index (Phi) is 3.62. The van der Waals surface area contributed by atoms with E-state index in [0.717, 1.165) is 25.1 Å². The van der Waals surface area contributed by atoms with Crippen LogP contribution in [0.4, 0.5) is 0 Å². The molecule has 0 amide bonds. The molecule has 1 N–H and O–H groups in total. The molecule has 1 saturated carbocycles. The van der Waals surface area contributed by atoms with Gasteiger partial charge < -0.3 is 10.4 Å². The predicted octanol–water partition coefficient (Wildman–Crippen LogP) is 2.95.